The van der Waals surface area contributed by atoms with Gasteiger partial charge in [-0.25, -0.2) is 0 Å². The maximum Gasteiger partial charge on any atom is 0.0710 e. The van der Waals surface area contributed by atoms with Gasteiger partial charge in [-0.05, 0) is 70.5 Å². The van der Waals surface area contributed by atoms with Crippen LogP contribution in [0, 0.1) is 5.92 Å². The van der Waals surface area contributed by atoms with Crippen LogP contribution in [0.4, 0.5) is 0 Å². The molecule has 0 aromatic carbocycles. The number of piperidine rings is 1. The first-order chi connectivity index (χ1) is 10.3. The zero-order valence-electron chi connectivity index (χ0n) is 13.9. The molecule has 3 rings (SSSR count). The van der Waals surface area contributed by atoms with Crippen molar-refractivity contribution >= 4 is 0 Å². The summed E-state index contributed by atoms with van der Waals surface area (Å²) in [6.45, 7) is 8.38. The summed E-state index contributed by atoms with van der Waals surface area (Å²) >= 11 is 0. The lowest BCUT2D eigenvalue weighted by Gasteiger charge is -2.35. The topological polar surface area (TPSA) is 24.5 Å². The highest BCUT2D eigenvalue weighted by Gasteiger charge is 2.42. The summed E-state index contributed by atoms with van der Waals surface area (Å²) in [7, 11) is 0. The van der Waals surface area contributed by atoms with Crippen molar-refractivity contribution in [3.8, 4) is 0 Å². The summed E-state index contributed by atoms with van der Waals surface area (Å²) in [6, 6.07) is 0. The van der Waals surface area contributed by atoms with Gasteiger partial charge in [0.1, 0.15) is 0 Å². The Balaban J connectivity index is 1.40. The fourth-order valence-electron chi connectivity index (χ4n) is 4.67. The maximum atomic E-state index is 6.49. The lowest BCUT2D eigenvalue weighted by Crippen LogP contribution is -2.43. The van der Waals surface area contributed by atoms with Gasteiger partial charge in [-0.2, -0.15) is 0 Å². The normalized spacial score (nSPS) is 33.0. The van der Waals surface area contributed by atoms with Crippen LogP contribution in [-0.4, -0.2) is 49.3 Å². The summed E-state index contributed by atoms with van der Waals surface area (Å²) in [5.41, 5.74) is 0.308. The minimum atomic E-state index is 0.308. The number of ether oxygens (including phenoxy) is 1. The van der Waals surface area contributed by atoms with Gasteiger partial charge in [0.15, 0.2) is 0 Å². The quantitative estimate of drug-likeness (QED) is 0.761. The molecule has 122 valence electrons. The smallest absolute Gasteiger partial charge is 0.0710 e. The number of likely N-dealkylation sites (tertiary alicyclic amines) is 1. The van der Waals surface area contributed by atoms with Crippen molar-refractivity contribution in [3.05, 3.63) is 0 Å². The van der Waals surface area contributed by atoms with Crippen LogP contribution >= 0.6 is 0 Å². The Hall–Kier alpha value is -0.120. The molecule has 1 saturated carbocycles. The van der Waals surface area contributed by atoms with E-state index in [1.165, 1.54) is 90.5 Å². The van der Waals surface area contributed by atoms with Gasteiger partial charge in [0.2, 0.25) is 0 Å². The van der Waals surface area contributed by atoms with Crippen molar-refractivity contribution in [2.75, 3.05) is 32.7 Å². The fourth-order valence-corrected chi connectivity index (χ4v) is 4.67. The van der Waals surface area contributed by atoms with Crippen molar-refractivity contribution in [1.29, 1.82) is 0 Å². The van der Waals surface area contributed by atoms with Crippen LogP contribution in [0.25, 0.3) is 0 Å². The third kappa shape index (κ3) is 4.20. The zero-order chi connectivity index (χ0) is 14.5. The highest BCUT2D eigenvalue weighted by Crippen LogP contribution is 2.43. The van der Waals surface area contributed by atoms with Crippen molar-refractivity contribution < 1.29 is 4.74 Å². The second kappa shape index (κ2) is 7.43. The zero-order valence-corrected chi connectivity index (χ0v) is 13.9. The van der Waals surface area contributed by atoms with Gasteiger partial charge in [-0.1, -0.05) is 19.8 Å². The molecule has 2 unspecified atom stereocenters. The van der Waals surface area contributed by atoms with E-state index in [0.717, 1.165) is 5.92 Å². The third-order valence-electron chi connectivity index (χ3n) is 5.78. The second-order valence-corrected chi connectivity index (χ2v) is 7.64. The molecule has 0 bridgehead atoms. The van der Waals surface area contributed by atoms with Crippen molar-refractivity contribution in [2.24, 2.45) is 5.92 Å². The fraction of sp³-hybridized carbons (Fsp3) is 1.00. The van der Waals surface area contributed by atoms with E-state index in [2.05, 4.69) is 17.1 Å². The van der Waals surface area contributed by atoms with Crippen molar-refractivity contribution in [2.45, 2.75) is 76.4 Å². The number of hydrogen-bond acceptors (Lipinski definition) is 3. The summed E-state index contributed by atoms with van der Waals surface area (Å²) in [6.07, 6.45) is 12.6. The molecule has 3 fully saturated rings. The number of nitrogens with zero attached hydrogens (tertiary/aromatic N) is 1. The van der Waals surface area contributed by atoms with Crippen LogP contribution in [0.2, 0.25) is 0 Å². The van der Waals surface area contributed by atoms with Crippen LogP contribution in [0.5, 0.6) is 0 Å². The van der Waals surface area contributed by atoms with E-state index >= 15 is 0 Å². The summed E-state index contributed by atoms with van der Waals surface area (Å²) in [5, 5.41) is 3.60. The molecular formula is C18H34N2O. The number of hydrogen-bond donors (Lipinski definition) is 1. The summed E-state index contributed by atoms with van der Waals surface area (Å²) in [4.78, 5) is 2.68. The molecule has 2 saturated heterocycles. The number of rotatable bonds is 6. The molecular weight excluding hydrogens is 260 g/mol. The Labute approximate surface area is 130 Å². The first kappa shape index (κ1) is 15.8. The van der Waals surface area contributed by atoms with E-state index in [0.29, 0.717) is 11.7 Å². The molecule has 21 heavy (non-hydrogen) atoms. The van der Waals surface area contributed by atoms with Crippen LogP contribution in [0.1, 0.15) is 64.7 Å². The van der Waals surface area contributed by atoms with Gasteiger partial charge >= 0.3 is 0 Å². The van der Waals surface area contributed by atoms with E-state index in [-0.39, 0.29) is 0 Å². The Bertz CT molecular complexity index is 314. The largest absolute Gasteiger partial charge is 0.370 e. The minimum absolute atomic E-state index is 0.308. The highest BCUT2D eigenvalue weighted by atomic mass is 16.5. The Morgan fingerprint density at radius 2 is 2.00 bits per heavy atom. The Morgan fingerprint density at radius 3 is 2.81 bits per heavy atom. The molecule has 3 heteroatoms. The van der Waals surface area contributed by atoms with Crippen molar-refractivity contribution in [3.63, 3.8) is 0 Å². The monoisotopic (exact) mass is 294 g/mol. The molecule has 0 aromatic rings. The molecule has 0 aromatic heterocycles. The third-order valence-corrected chi connectivity index (χ3v) is 5.78. The van der Waals surface area contributed by atoms with E-state index < -0.39 is 0 Å². The summed E-state index contributed by atoms with van der Waals surface area (Å²) < 4.78 is 6.49. The predicted octanol–water partition coefficient (Wildman–Crippen LogP) is 3.19. The lowest BCUT2D eigenvalue weighted by molar-refractivity contribution is -0.0505. The van der Waals surface area contributed by atoms with E-state index in [9.17, 15) is 0 Å². The van der Waals surface area contributed by atoms with Gasteiger partial charge in [0.05, 0.1) is 11.7 Å². The van der Waals surface area contributed by atoms with Gasteiger partial charge in [0.25, 0.3) is 0 Å². The van der Waals surface area contributed by atoms with E-state index in [1.54, 1.807) is 0 Å². The van der Waals surface area contributed by atoms with Gasteiger partial charge in [-0.3, -0.25) is 0 Å². The van der Waals surface area contributed by atoms with Crippen LogP contribution in [0.15, 0.2) is 0 Å². The van der Waals surface area contributed by atoms with E-state index in [4.69, 9.17) is 4.74 Å². The molecule has 1 aliphatic carbocycles. The molecule has 2 aliphatic heterocycles. The Morgan fingerprint density at radius 1 is 1.14 bits per heavy atom. The molecule has 2 atom stereocenters. The predicted molar refractivity (Wildman–Crippen MR) is 87.6 cm³/mol. The van der Waals surface area contributed by atoms with Gasteiger partial charge in [-0.15, -0.1) is 0 Å². The van der Waals surface area contributed by atoms with Crippen LogP contribution < -0.4 is 5.32 Å². The van der Waals surface area contributed by atoms with Gasteiger partial charge < -0.3 is 15.0 Å². The van der Waals surface area contributed by atoms with Crippen LogP contribution in [0.3, 0.4) is 0 Å². The molecule has 0 radical (unpaired) electrons. The number of nitrogens with one attached hydrogen (secondary N) is 1. The minimum Gasteiger partial charge on any atom is -0.370 e. The first-order valence-electron chi connectivity index (χ1n) is 9.40. The molecule has 1 N–H and O–H groups in total. The molecule has 0 amide bonds. The average molecular weight is 294 g/mol. The van der Waals surface area contributed by atoms with Crippen LogP contribution in [-0.2, 0) is 4.74 Å². The molecule has 3 nitrogen and oxygen atoms in total. The molecule has 2 heterocycles. The second-order valence-electron chi connectivity index (χ2n) is 7.64. The highest BCUT2D eigenvalue weighted by molar-refractivity contribution is 4.93. The molecule has 3 aliphatic rings. The molecule has 1 spiro atoms. The SMILES string of the molecule is CCCNCC1CCCN(CC2CCC3(CCCC3)O2)C1. The summed E-state index contributed by atoms with van der Waals surface area (Å²) in [5.74, 6) is 0.854. The standard InChI is InChI=1S/C18H34N2O/c1-2-11-19-13-16-6-5-12-20(14-16)15-17-7-10-18(21-17)8-3-4-9-18/h16-17,19H,2-15H2,1H3. The average Bonchev–Trinajstić information content (AvgIpc) is 3.10. The van der Waals surface area contributed by atoms with E-state index in [1.807, 2.05) is 0 Å². The Kier molecular flexibility index (Phi) is 5.58. The first-order valence-corrected chi connectivity index (χ1v) is 9.40. The lowest BCUT2D eigenvalue weighted by atomic mass is 9.97. The maximum absolute atomic E-state index is 6.49. The van der Waals surface area contributed by atoms with Gasteiger partial charge in [0, 0.05) is 13.1 Å². The van der Waals surface area contributed by atoms with Crippen molar-refractivity contribution in [1.82, 2.24) is 10.2 Å².